The van der Waals surface area contributed by atoms with Gasteiger partial charge in [-0.3, -0.25) is 0 Å². The lowest BCUT2D eigenvalue weighted by Crippen LogP contribution is -3.14. The van der Waals surface area contributed by atoms with Crippen molar-refractivity contribution in [2.75, 3.05) is 44.7 Å². The minimum Gasteiger partial charge on any atom is -0.370 e. The highest BCUT2D eigenvalue weighted by Crippen LogP contribution is 2.29. The molecule has 1 aromatic carbocycles. The number of aryl methyl sites for hydroxylation is 2. The van der Waals surface area contributed by atoms with Crippen LogP contribution in [0.4, 0.5) is 10.2 Å². The SMILES string of the molecule is Cc1cc(NCCC[NH+]2CCOCC2)n2nc(C)c(-c3ccc(F)cc3)c2n1. The van der Waals surface area contributed by atoms with Gasteiger partial charge >= 0.3 is 0 Å². The van der Waals surface area contributed by atoms with Gasteiger partial charge in [0.05, 0.1) is 25.5 Å². The normalized spacial score (nSPS) is 15.2. The molecule has 148 valence electrons. The first kappa shape index (κ1) is 18.8. The first-order valence-electron chi connectivity index (χ1n) is 9.90. The maximum absolute atomic E-state index is 13.3. The number of ether oxygens (including phenoxy) is 1. The highest BCUT2D eigenvalue weighted by molar-refractivity contribution is 5.80. The molecule has 1 fully saturated rings. The molecule has 0 radical (unpaired) electrons. The Hall–Kier alpha value is -2.51. The minimum absolute atomic E-state index is 0.244. The molecule has 6 nitrogen and oxygen atoms in total. The molecule has 0 atom stereocenters. The number of benzene rings is 1. The summed E-state index contributed by atoms with van der Waals surface area (Å²) >= 11 is 0. The second-order valence-electron chi connectivity index (χ2n) is 7.38. The summed E-state index contributed by atoms with van der Waals surface area (Å²) in [4.78, 5) is 6.32. The number of quaternary nitrogens is 1. The number of nitrogens with one attached hydrogen (secondary N) is 2. The number of fused-ring (bicyclic) bond motifs is 1. The zero-order valence-electron chi connectivity index (χ0n) is 16.5. The summed E-state index contributed by atoms with van der Waals surface area (Å²) in [7, 11) is 0. The molecule has 0 saturated carbocycles. The van der Waals surface area contributed by atoms with E-state index in [1.165, 1.54) is 12.1 Å². The van der Waals surface area contributed by atoms with E-state index >= 15 is 0 Å². The van der Waals surface area contributed by atoms with Crippen molar-refractivity contribution in [1.29, 1.82) is 0 Å². The average Bonchev–Trinajstić information content (AvgIpc) is 3.02. The topological polar surface area (TPSA) is 55.9 Å². The maximum atomic E-state index is 13.3. The third-order valence-electron chi connectivity index (χ3n) is 5.24. The Morgan fingerprint density at radius 2 is 1.93 bits per heavy atom. The molecular formula is C21H27FN5O+. The van der Waals surface area contributed by atoms with Crippen molar-refractivity contribution >= 4 is 11.5 Å². The Labute approximate surface area is 164 Å². The molecule has 0 aliphatic carbocycles. The van der Waals surface area contributed by atoms with E-state index < -0.39 is 0 Å². The first-order chi connectivity index (χ1) is 13.6. The molecule has 3 heterocycles. The molecule has 1 saturated heterocycles. The zero-order chi connectivity index (χ0) is 19.5. The number of halogens is 1. The van der Waals surface area contributed by atoms with E-state index in [0.717, 1.165) is 79.8 Å². The lowest BCUT2D eigenvalue weighted by Gasteiger charge is -2.23. The van der Waals surface area contributed by atoms with Crippen LogP contribution in [0.5, 0.6) is 0 Å². The van der Waals surface area contributed by atoms with Crippen molar-refractivity contribution < 1.29 is 14.0 Å². The summed E-state index contributed by atoms with van der Waals surface area (Å²) < 4.78 is 20.6. The third-order valence-corrected chi connectivity index (χ3v) is 5.24. The highest BCUT2D eigenvalue weighted by atomic mass is 19.1. The van der Waals surface area contributed by atoms with Gasteiger partial charge < -0.3 is 15.0 Å². The van der Waals surface area contributed by atoms with E-state index in [1.54, 1.807) is 17.0 Å². The van der Waals surface area contributed by atoms with Crippen molar-refractivity contribution in [3.05, 3.63) is 47.5 Å². The van der Waals surface area contributed by atoms with Crippen molar-refractivity contribution in [3.8, 4) is 11.1 Å². The summed E-state index contributed by atoms with van der Waals surface area (Å²) in [5, 5.41) is 8.22. The molecule has 0 unspecified atom stereocenters. The van der Waals surface area contributed by atoms with E-state index in [-0.39, 0.29) is 5.82 Å². The largest absolute Gasteiger partial charge is 0.370 e. The molecule has 1 aliphatic rings. The average molecular weight is 384 g/mol. The maximum Gasteiger partial charge on any atom is 0.165 e. The second-order valence-corrected chi connectivity index (χ2v) is 7.38. The monoisotopic (exact) mass is 384 g/mol. The van der Waals surface area contributed by atoms with Crippen molar-refractivity contribution in [3.63, 3.8) is 0 Å². The van der Waals surface area contributed by atoms with Gasteiger partial charge in [0, 0.05) is 30.3 Å². The van der Waals surface area contributed by atoms with Crippen molar-refractivity contribution in [2.45, 2.75) is 20.3 Å². The van der Waals surface area contributed by atoms with Crippen LogP contribution in [0.15, 0.2) is 30.3 Å². The van der Waals surface area contributed by atoms with Crippen LogP contribution in [0, 0.1) is 19.7 Å². The van der Waals surface area contributed by atoms with Crippen molar-refractivity contribution in [1.82, 2.24) is 14.6 Å². The predicted molar refractivity (Wildman–Crippen MR) is 107 cm³/mol. The smallest absolute Gasteiger partial charge is 0.165 e. The molecule has 2 N–H and O–H groups in total. The number of morpholine rings is 1. The zero-order valence-corrected chi connectivity index (χ0v) is 16.5. The highest BCUT2D eigenvalue weighted by Gasteiger charge is 2.17. The van der Waals surface area contributed by atoms with Gasteiger partial charge in [-0.25, -0.2) is 9.37 Å². The van der Waals surface area contributed by atoms with Crippen LogP contribution in [-0.2, 0) is 4.74 Å². The van der Waals surface area contributed by atoms with Gasteiger partial charge in [0.2, 0.25) is 0 Å². The lowest BCUT2D eigenvalue weighted by molar-refractivity contribution is -0.908. The summed E-state index contributed by atoms with van der Waals surface area (Å²) in [6, 6.07) is 8.53. The van der Waals surface area contributed by atoms with Crippen LogP contribution in [-0.4, -0.2) is 54.0 Å². The van der Waals surface area contributed by atoms with Crippen LogP contribution < -0.4 is 10.2 Å². The minimum atomic E-state index is -0.244. The number of nitrogens with zero attached hydrogens (tertiary/aromatic N) is 3. The summed E-state index contributed by atoms with van der Waals surface area (Å²) in [6.45, 7) is 9.90. The van der Waals surface area contributed by atoms with Gasteiger partial charge in [0.25, 0.3) is 0 Å². The number of hydrogen-bond donors (Lipinski definition) is 2. The van der Waals surface area contributed by atoms with Crippen LogP contribution in [0.2, 0.25) is 0 Å². The Morgan fingerprint density at radius 3 is 2.68 bits per heavy atom. The van der Waals surface area contributed by atoms with E-state index in [0.29, 0.717) is 0 Å². The van der Waals surface area contributed by atoms with Gasteiger partial charge in [0.15, 0.2) is 5.65 Å². The fourth-order valence-electron chi connectivity index (χ4n) is 3.79. The fourth-order valence-corrected chi connectivity index (χ4v) is 3.79. The molecule has 4 rings (SSSR count). The number of hydrogen-bond acceptors (Lipinski definition) is 4. The van der Waals surface area contributed by atoms with E-state index in [1.807, 2.05) is 24.4 Å². The van der Waals surface area contributed by atoms with Gasteiger partial charge in [-0.2, -0.15) is 9.61 Å². The van der Waals surface area contributed by atoms with Gasteiger partial charge in [-0.15, -0.1) is 0 Å². The first-order valence-corrected chi connectivity index (χ1v) is 9.90. The van der Waals surface area contributed by atoms with Gasteiger partial charge in [-0.1, -0.05) is 12.1 Å². The van der Waals surface area contributed by atoms with Gasteiger partial charge in [-0.05, 0) is 31.5 Å². The van der Waals surface area contributed by atoms with Crippen LogP contribution >= 0.6 is 0 Å². The molecule has 0 bridgehead atoms. The fraction of sp³-hybridized carbons (Fsp3) is 0.429. The number of rotatable bonds is 6. The molecule has 0 amide bonds. The molecule has 1 aliphatic heterocycles. The van der Waals surface area contributed by atoms with Crippen LogP contribution in [0.25, 0.3) is 16.8 Å². The van der Waals surface area contributed by atoms with Crippen LogP contribution in [0.3, 0.4) is 0 Å². The molecule has 28 heavy (non-hydrogen) atoms. The summed E-state index contributed by atoms with van der Waals surface area (Å²) in [5.41, 5.74) is 4.48. The molecule has 0 spiro atoms. The lowest BCUT2D eigenvalue weighted by atomic mass is 10.1. The van der Waals surface area contributed by atoms with Crippen LogP contribution in [0.1, 0.15) is 17.8 Å². The molecule has 2 aromatic heterocycles. The van der Waals surface area contributed by atoms with E-state index in [9.17, 15) is 4.39 Å². The summed E-state index contributed by atoms with van der Waals surface area (Å²) in [5.74, 6) is 0.697. The Bertz CT molecular complexity index is 948. The number of anilines is 1. The molecule has 3 aromatic rings. The predicted octanol–water partition coefficient (Wildman–Crippen LogP) is 1.87. The second kappa shape index (κ2) is 8.24. The Morgan fingerprint density at radius 1 is 1.18 bits per heavy atom. The number of aromatic nitrogens is 3. The Balaban J connectivity index is 1.54. The quantitative estimate of drug-likeness (QED) is 0.637. The van der Waals surface area contributed by atoms with Crippen molar-refractivity contribution in [2.24, 2.45) is 0 Å². The standard InChI is InChI=1S/C21H26FN5O/c1-15-14-19(23-8-3-9-26-10-12-28-13-11-26)27-21(24-15)20(16(2)25-27)17-4-6-18(22)7-5-17/h4-7,14,23H,3,8-13H2,1-2H3/p+1. The third kappa shape index (κ3) is 4.00. The Kier molecular flexibility index (Phi) is 5.54. The molecule has 7 heteroatoms. The molecular weight excluding hydrogens is 357 g/mol. The summed E-state index contributed by atoms with van der Waals surface area (Å²) in [6.07, 6.45) is 1.09. The van der Waals surface area contributed by atoms with Gasteiger partial charge in [0.1, 0.15) is 24.7 Å². The van der Waals surface area contributed by atoms with E-state index in [4.69, 9.17) is 14.8 Å². The van der Waals surface area contributed by atoms with E-state index in [2.05, 4.69) is 5.32 Å².